The molecule has 1 N–H and O–H groups in total. The molecule has 0 spiro atoms. The number of rotatable bonds is 2. The Balaban J connectivity index is 0.000000810. The Morgan fingerprint density at radius 2 is 2.67 bits per heavy atom. The van der Waals surface area contributed by atoms with E-state index in [0.717, 1.165) is 26.1 Å². The van der Waals surface area contributed by atoms with Gasteiger partial charge in [0, 0.05) is 13.7 Å². The van der Waals surface area contributed by atoms with E-state index < -0.39 is 0 Å². The average Bonchev–Trinajstić information content (AvgIpc) is 2.17. The van der Waals surface area contributed by atoms with Crippen LogP contribution in [0.3, 0.4) is 0 Å². The second-order valence-electron chi connectivity index (χ2n) is 2.24. The maximum absolute atomic E-state index is 7.22. The van der Waals surface area contributed by atoms with Crippen LogP contribution in [0, 0.1) is 5.92 Å². The van der Waals surface area contributed by atoms with Crippen molar-refractivity contribution in [2.45, 2.75) is 6.42 Å². The van der Waals surface area contributed by atoms with E-state index in [-0.39, 0.29) is 12.4 Å². The molecule has 3 heteroatoms. The maximum Gasteiger partial charge on any atom is 0.122 e. The number of hydrogen-bond acceptors (Lipinski definition) is 2. The van der Waals surface area contributed by atoms with Crippen LogP contribution in [0.25, 0.3) is 0 Å². The van der Waals surface area contributed by atoms with Crippen molar-refractivity contribution in [1.82, 2.24) is 5.31 Å². The van der Waals surface area contributed by atoms with E-state index in [2.05, 4.69) is 0 Å². The van der Waals surface area contributed by atoms with E-state index in [0.29, 0.717) is 5.92 Å². The minimum Gasteiger partial charge on any atom is -0.384 e. The minimum atomic E-state index is 0. The van der Waals surface area contributed by atoms with Crippen LogP contribution in [-0.4, -0.2) is 26.8 Å². The molecule has 0 aromatic heterocycles. The molecule has 1 rings (SSSR count). The first-order valence-corrected chi connectivity index (χ1v) is 3.05. The Kier molecular flexibility index (Phi) is 4.09. The summed E-state index contributed by atoms with van der Waals surface area (Å²) in [5.74, 6) is 0.604. The normalized spacial score (nSPS) is 29.4. The quantitative estimate of drug-likeness (QED) is 0.628. The summed E-state index contributed by atoms with van der Waals surface area (Å²) in [4.78, 5) is 0. The number of halogens is 1. The Morgan fingerprint density at radius 1 is 1.89 bits per heavy atom. The van der Waals surface area contributed by atoms with Gasteiger partial charge in [-0.15, -0.1) is 12.4 Å². The molecule has 0 aromatic rings. The van der Waals surface area contributed by atoms with Gasteiger partial charge in [-0.3, -0.25) is 0 Å². The van der Waals surface area contributed by atoms with Gasteiger partial charge in [-0.2, -0.15) is 0 Å². The maximum atomic E-state index is 7.22. The first kappa shape index (κ1) is 7.32. The average molecular weight is 153 g/mol. The summed E-state index contributed by atoms with van der Waals surface area (Å²) in [6, 6.07) is 0. The van der Waals surface area contributed by atoms with Crippen molar-refractivity contribution in [3.63, 3.8) is 0 Å². The van der Waals surface area contributed by atoms with E-state index >= 15 is 0 Å². The van der Waals surface area contributed by atoms with Gasteiger partial charge in [0.25, 0.3) is 0 Å². The molecule has 1 atom stereocenters. The first-order valence-electron chi connectivity index (χ1n) is 3.50. The molecule has 1 aliphatic heterocycles. The molecule has 0 saturated carbocycles. The van der Waals surface area contributed by atoms with E-state index in [1.807, 2.05) is 0 Å². The Labute approximate surface area is 63.8 Å². The molecule has 2 nitrogen and oxygen atoms in total. The third-order valence-electron chi connectivity index (χ3n) is 1.49. The van der Waals surface area contributed by atoms with Gasteiger partial charge >= 0.3 is 0 Å². The number of nitrogens with one attached hydrogen (secondary N) is 1. The van der Waals surface area contributed by atoms with Crippen LogP contribution in [0.4, 0.5) is 0 Å². The van der Waals surface area contributed by atoms with Gasteiger partial charge in [0.2, 0.25) is 0 Å². The molecule has 56 valence electrons. The molecule has 9 heavy (non-hydrogen) atoms. The van der Waals surface area contributed by atoms with Crippen LogP contribution < -0.4 is 5.31 Å². The van der Waals surface area contributed by atoms with Crippen molar-refractivity contribution in [1.29, 1.82) is 0 Å². The zero-order valence-corrected chi connectivity index (χ0v) is 6.49. The summed E-state index contributed by atoms with van der Waals surface area (Å²) < 4.78 is 12.2. The zero-order valence-electron chi connectivity index (χ0n) is 6.67. The van der Waals surface area contributed by atoms with Gasteiger partial charge in [0.15, 0.2) is 0 Å². The molecule has 1 fully saturated rings. The molecular weight excluding hydrogens is 138 g/mol. The van der Waals surface area contributed by atoms with Crippen LogP contribution in [0.15, 0.2) is 0 Å². The lowest BCUT2D eigenvalue weighted by Gasteiger charge is -2.03. The Bertz CT molecular complexity index is 91.8. The van der Waals surface area contributed by atoms with Crippen molar-refractivity contribution < 1.29 is 6.15 Å². The second-order valence-corrected chi connectivity index (χ2v) is 2.24. The highest BCUT2D eigenvalue weighted by Gasteiger charge is 2.12. The van der Waals surface area contributed by atoms with E-state index in [1.165, 1.54) is 0 Å². The fraction of sp³-hybridized carbons (Fsp3) is 1.00. The van der Waals surface area contributed by atoms with Crippen LogP contribution >= 0.6 is 12.4 Å². The summed E-state index contributed by atoms with van der Waals surface area (Å²) in [5, 5.41) is 1.60. The number of ether oxygens (including phenoxy) is 1. The third kappa shape index (κ3) is 3.04. The van der Waals surface area contributed by atoms with Crippen molar-refractivity contribution in [3.8, 4) is 0 Å². The summed E-state index contributed by atoms with van der Waals surface area (Å²) in [5.41, 5.74) is 0. The molecule has 0 amide bonds. The fourth-order valence-electron chi connectivity index (χ4n) is 1.01. The predicted molar refractivity (Wildman–Crippen MR) is 40.1 cm³/mol. The summed E-state index contributed by atoms with van der Waals surface area (Å²) in [6.07, 6.45) is 1.12. The van der Waals surface area contributed by atoms with Crippen molar-refractivity contribution in [2.75, 3.05) is 26.8 Å². The molecule has 0 aromatic carbocycles. The molecule has 1 unspecified atom stereocenters. The highest BCUT2D eigenvalue weighted by atomic mass is 35.5. The highest BCUT2D eigenvalue weighted by molar-refractivity contribution is 5.85. The smallest absolute Gasteiger partial charge is 0.122 e. The van der Waals surface area contributed by atoms with Crippen molar-refractivity contribution in [2.24, 2.45) is 5.92 Å². The van der Waals surface area contributed by atoms with Crippen LogP contribution in [0.2, 0.25) is 1.41 Å². The fourth-order valence-corrected chi connectivity index (χ4v) is 1.01. The van der Waals surface area contributed by atoms with Gasteiger partial charge in [0.05, 0.1) is 6.61 Å². The Morgan fingerprint density at radius 3 is 3.11 bits per heavy atom. The van der Waals surface area contributed by atoms with E-state index in [9.17, 15) is 0 Å². The minimum absolute atomic E-state index is 0. The lowest BCUT2D eigenvalue weighted by atomic mass is 10.1. The van der Waals surface area contributed by atoms with Gasteiger partial charge < -0.3 is 10.0 Å². The summed E-state index contributed by atoms with van der Waals surface area (Å²) >= 11 is 0. The number of hydrogen-bond donors (Lipinski definition) is 1. The lowest BCUT2D eigenvalue weighted by molar-refractivity contribution is 0.160. The molecule has 0 aliphatic carbocycles. The van der Waals surface area contributed by atoms with E-state index in [4.69, 9.17) is 6.15 Å². The van der Waals surface area contributed by atoms with Crippen molar-refractivity contribution >= 4 is 12.4 Å². The second kappa shape index (κ2) is 5.03. The SMILES string of the molecule is Cl.[2H]N1CCC(COC)C1. The molecule has 1 heterocycles. The van der Waals surface area contributed by atoms with Gasteiger partial charge in [-0.25, -0.2) is 0 Å². The standard InChI is InChI=1S/C6H13NO.ClH/c1-8-5-6-2-3-7-4-6;/h6-7H,2-5H2,1H3;1H/i/hD. The third-order valence-corrected chi connectivity index (χ3v) is 1.49. The lowest BCUT2D eigenvalue weighted by Crippen LogP contribution is -2.12. The van der Waals surface area contributed by atoms with Crippen LogP contribution in [0.5, 0.6) is 0 Å². The van der Waals surface area contributed by atoms with E-state index in [1.54, 1.807) is 12.4 Å². The highest BCUT2D eigenvalue weighted by Crippen LogP contribution is 2.05. The zero-order chi connectivity index (χ0) is 6.69. The largest absolute Gasteiger partial charge is 0.384 e. The molecule has 0 radical (unpaired) electrons. The summed E-state index contributed by atoms with van der Waals surface area (Å²) in [7, 11) is 1.71. The van der Waals surface area contributed by atoms with Crippen LogP contribution in [0.1, 0.15) is 6.42 Å². The molecular formula is C6H14ClNO. The molecule has 1 saturated heterocycles. The molecule has 0 bridgehead atoms. The topological polar surface area (TPSA) is 21.3 Å². The van der Waals surface area contributed by atoms with Crippen molar-refractivity contribution in [3.05, 3.63) is 0 Å². The molecule has 1 aliphatic rings. The predicted octanol–water partition coefficient (Wildman–Crippen LogP) is 0.664. The first-order chi connectivity index (χ1) is 4.33. The van der Waals surface area contributed by atoms with Gasteiger partial charge in [-0.05, 0) is 18.9 Å². The summed E-state index contributed by atoms with van der Waals surface area (Å²) in [6.45, 7) is 2.61. The Hall–Kier alpha value is 0.210. The van der Waals surface area contributed by atoms with Gasteiger partial charge in [-0.1, -0.05) is 0 Å². The number of methoxy groups -OCH3 is 1. The monoisotopic (exact) mass is 152 g/mol. The van der Waals surface area contributed by atoms with Gasteiger partial charge in [0.1, 0.15) is 1.41 Å². The van der Waals surface area contributed by atoms with Crippen LogP contribution in [-0.2, 0) is 4.74 Å².